The lowest BCUT2D eigenvalue weighted by Gasteiger charge is -2.23. The zero-order valence-electron chi connectivity index (χ0n) is 13.3. The Morgan fingerprint density at radius 1 is 1.29 bits per heavy atom. The fourth-order valence-corrected chi connectivity index (χ4v) is 2.80. The van der Waals surface area contributed by atoms with E-state index in [1.807, 2.05) is 0 Å². The van der Waals surface area contributed by atoms with E-state index in [9.17, 15) is 22.8 Å². The molecule has 132 valence electrons. The summed E-state index contributed by atoms with van der Waals surface area (Å²) in [7, 11) is 1.08. The molecule has 0 aromatic heterocycles. The standard InChI is InChI=1S/C16H20F3N3O2/c1-22(14(24)16(17,18)19)10-11-5-4-6-12(9-11)21-13(23)15(20)7-2-3-8-15/h4-6,9H,2-3,7-8,10,20H2,1H3,(H,21,23). The first kappa shape index (κ1) is 18.3. The molecule has 0 unspecified atom stereocenters. The van der Waals surface area contributed by atoms with Gasteiger partial charge in [-0.15, -0.1) is 0 Å². The minimum Gasteiger partial charge on any atom is -0.334 e. The number of rotatable bonds is 4. The summed E-state index contributed by atoms with van der Waals surface area (Å²) in [6.07, 6.45) is -1.89. The molecule has 0 spiro atoms. The molecule has 5 nitrogen and oxygen atoms in total. The van der Waals surface area contributed by atoms with Gasteiger partial charge in [-0.2, -0.15) is 13.2 Å². The van der Waals surface area contributed by atoms with Crippen molar-refractivity contribution in [2.24, 2.45) is 5.73 Å². The van der Waals surface area contributed by atoms with Crippen LogP contribution in [0.4, 0.5) is 18.9 Å². The third-order valence-corrected chi connectivity index (χ3v) is 4.14. The van der Waals surface area contributed by atoms with Crippen molar-refractivity contribution in [3.05, 3.63) is 29.8 Å². The molecule has 1 aromatic carbocycles. The van der Waals surface area contributed by atoms with Crippen molar-refractivity contribution in [3.63, 3.8) is 0 Å². The van der Waals surface area contributed by atoms with Crippen LogP contribution in [0.3, 0.4) is 0 Å². The molecule has 8 heteroatoms. The Morgan fingerprint density at radius 2 is 1.92 bits per heavy atom. The predicted molar refractivity (Wildman–Crippen MR) is 83.0 cm³/mol. The van der Waals surface area contributed by atoms with Gasteiger partial charge in [0.15, 0.2) is 0 Å². The van der Waals surface area contributed by atoms with Gasteiger partial charge in [0, 0.05) is 19.3 Å². The number of hydrogen-bond acceptors (Lipinski definition) is 3. The molecule has 1 aromatic rings. The van der Waals surface area contributed by atoms with Crippen LogP contribution in [0.1, 0.15) is 31.2 Å². The van der Waals surface area contributed by atoms with Crippen LogP contribution < -0.4 is 11.1 Å². The molecule has 0 saturated heterocycles. The molecule has 3 N–H and O–H groups in total. The summed E-state index contributed by atoms with van der Waals surface area (Å²) in [6, 6.07) is 6.36. The van der Waals surface area contributed by atoms with Crippen LogP contribution in [-0.4, -0.2) is 35.5 Å². The average Bonchev–Trinajstić information content (AvgIpc) is 2.94. The molecule has 2 rings (SSSR count). The molecular weight excluding hydrogens is 323 g/mol. The monoisotopic (exact) mass is 343 g/mol. The van der Waals surface area contributed by atoms with E-state index in [2.05, 4.69) is 5.32 Å². The Morgan fingerprint density at radius 3 is 2.50 bits per heavy atom. The predicted octanol–water partition coefficient (Wildman–Crippen LogP) is 2.42. The molecule has 0 bridgehead atoms. The third-order valence-electron chi connectivity index (χ3n) is 4.14. The lowest BCUT2D eigenvalue weighted by Crippen LogP contribution is -2.48. The SMILES string of the molecule is CN(Cc1cccc(NC(=O)C2(N)CCCC2)c1)C(=O)C(F)(F)F. The molecule has 0 radical (unpaired) electrons. The van der Waals surface area contributed by atoms with E-state index in [1.54, 1.807) is 18.2 Å². The van der Waals surface area contributed by atoms with E-state index >= 15 is 0 Å². The van der Waals surface area contributed by atoms with Crippen molar-refractivity contribution in [1.82, 2.24) is 4.90 Å². The minimum absolute atomic E-state index is 0.212. The van der Waals surface area contributed by atoms with Crippen LogP contribution >= 0.6 is 0 Å². The van der Waals surface area contributed by atoms with Crippen molar-refractivity contribution in [2.75, 3.05) is 12.4 Å². The lowest BCUT2D eigenvalue weighted by molar-refractivity contribution is -0.184. The second-order valence-electron chi connectivity index (χ2n) is 6.18. The molecule has 1 aliphatic carbocycles. The molecular formula is C16H20F3N3O2. The summed E-state index contributed by atoms with van der Waals surface area (Å²) < 4.78 is 37.2. The fourth-order valence-electron chi connectivity index (χ4n) is 2.80. The Kier molecular flexibility index (Phi) is 5.17. The number of halogens is 3. The molecule has 1 saturated carbocycles. The second kappa shape index (κ2) is 6.80. The number of carbonyl (C=O) groups is 2. The van der Waals surface area contributed by atoms with E-state index < -0.39 is 17.6 Å². The van der Waals surface area contributed by atoms with Crippen LogP contribution in [0.15, 0.2) is 24.3 Å². The quantitative estimate of drug-likeness (QED) is 0.882. The van der Waals surface area contributed by atoms with E-state index in [0.717, 1.165) is 19.9 Å². The zero-order valence-corrected chi connectivity index (χ0v) is 13.3. The maximum absolute atomic E-state index is 12.4. The average molecular weight is 343 g/mol. The van der Waals surface area contributed by atoms with Gasteiger partial charge in [-0.3, -0.25) is 9.59 Å². The van der Waals surface area contributed by atoms with Crippen LogP contribution in [0.5, 0.6) is 0 Å². The first-order valence-corrected chi connectivity index (χ1v) is 7.63. The largest absolute Gasteiger partial charge is 0.471 e. The summed E-state index contributed by atoms with van der Waals surface area (Å²) in [6.45, 7) is -0.212. The van der Waals surface area contributed by atoms with E-state index in [4.69, 9.17) is 5.73 Å². The van der Waals surface area contributed by atoms with Gasteiger partial charge in [0.2, 0.25) is 5.91 Å². The van der Waals surface area contributed by atoms with Gasteiger partial charge in [0.05, 0.1) is 5.54 Å². The van der Waals surface area contributed by atoms with Gasteiger partial charge in [0.25, 0.3) is 0 Å². The normalized spacial score (nSPS) is 16.7. The molecule has 0 heterocycles. The van der Waals surface area contributed by atoms with Gasteiger partial charge < -0.3 is 16.0 Å². The van der Waals surface area contributed by atoms with Crippen molar-refractivity contribution >= 4 is 17.5 Å². The number of nitrogens with zero attached hydrogens (tertiary/aromatic N) is 1. The number of alkyl halides is 3. The Labute approximate surface area is 138 Å². The highest BCUT2D eigenvalue weighted by atomic mass is 19.4. The maximum Gasteiger partial charge on any atom is 0.471 e. The van der Waals surface area contributed by atoms with Crippen molar-refractivity contribution in [1.29, 1.82) is 0 Å². The first-order chi connectivity index (χ1) is 11.1. The number of hydrogen-bond donors (Lipinski definition) is 2. The summed E-state index contributed by atoms with van der Waals surface area (Å²) in [4.78, 5) is 24.0. The Hall–Kier alpha value is -2.09. The second-order valence-corrected chi connectivity index (χ2v) is 6.18. The van der Waals surface area contributed by atoms with E-state index in [1.165, 1.54) is 6.07 Å². The van der Waals surface area contributed by atoms with Crippen molar-refractivity contribution in [3.8, 4) is 0 Å². The highest BCUT2D eigenvalue weighted by molar-refractivity contribution is 5.98. The van der Waals surface area contributed by atoms with Gasteiger partial charge in [0.1, 0.15) is 0 Å². The number of anilines is 1. The number of benzene rings is 1. The van der Waals surface area contributed by atoms with E-state index in [0.29, 0.717) is 29.0 Å². The number of amides is 2. The topological polar surface area (TPSA) is 75.4 Å². The smallest absolute Gasteiger partial charge is 0.334 e. The minimum atomic E-state index is -4.91. The van der Waals surface area contributed by atoms with Gasteiger partial charge in [-0.25, -0.2) is 0 Å². The summed E-state index contributed by atoms with van der Waals surface area (Å²) in [5.74, 6) is -2.21. The van der Waals surface area contributed by atoms with Crippen LogP contribution in [0.25, 0.3) is 0 Å². The van der Waals surface area contributed by atoms with E-state index in [-0.39, 0.29) is 12.5 Å². The number of carbonyl (C=O) groups excluding carboxylic acids is 2. The van der Waals surface area contributed by atoms with Crippen LogP contribution in [0.2, 0.25) is 0 Å². The van der Waals surface area contributed by atoms with Crippen LogP contribution in [0, 0.1) is 0 Å². The number of nitrogens with one attached hydrogen (secondary N) is 1. The molecule has 1 fully saturated rings. The van der Waals surface area contributed by atoms with Gasteiger partial charge in [-0.05, 0) is 30.5 Å². The first-order valence-electron chi connectivity index (χ1n) is 7.63. The highest BCUT2D eigenvalue weighted by Crippen LogP contribution is 2.28. The summed E-state index contributed by atoms with van der Waals surface area (Å²) in [5, 5.41) is 2.71. The van der Waals surface area contributed by atoms with Crippen molar-refractivity contribution < 1.29 is 22.8 Å². The molecule has 24 heavy (non-hydrogen) atoms. The lowest BCUT2D eigenvalue weighted by atomic mass is 9.98. The molecule has 1 aliphatic rings. The Balaban J connectivity index is 2.04. The molecule has 0 atom stereocenters. The maximum atomic E-state index is 12.4. The van der Waals surface area contributed by atoms with Crippen LogP contribution in [-0.2, 0) is 16.1 Å². The fraction of sp³-hybridized carbons (Fsp3) is 0.500. The molecule has 0 aliphatic heterocycles. The summed E-state index contributed by atoms with van der Waals surface area (Å²) in [5.41, 5.74) is 6.10. The number of nitrogens with two attached hydrogens (primary N) is 1. The Bertz CT molecular complexity index is 625. The third kappa shape index (κ3) is 4.25. The molecule has 2 amide bonds. The van der Waals surface area contributed by atoms with Gasteiger partial charge in [-0.1, -0.05) is 25.0 Å². The van der Waals surface area contributed by atoms with Gasteiger partial charge >= 0.3 is 12.1 Å². The highest BCUT2D eigenvalue weighted by Gasteiger charge is 2.41. The van der Waals surface area contributed by atoms with Crippen molar-refractivity contribution in [2.45, 2.75) is 43.9 Å². The summed E-state index contributed by atoms with van der Waals surface area (Å²) >= 11 is 0. The zero-order chi connectivity index (χ0) is 18.0.